The normalized spacial score (nSPS) is 19.6. The summed E-state index contributed by atoms with van der Waals surface area (Å²) in [6.45, 7) is 10.4. The van der Waals surface area contributed by atoms with E-state index < -0.39 is 5.60 Å². The van der Waals surface area contributed by atoms with Crippen LogP contribution in [0.2, 0.25) is 0 Å². The molecule has 1 aromatic heterocycles. The minimum atomic E-state index is -0.514. The molecule has 3 aromatic rings. The number of pyridine rings is 1. The fraction of sp³-hybridized carbons (Fsp3) is 0.417. The lowest BCUT2D eigenvalue weighted by atomic mass is 9.59. The number of likely N-dealkylation sites (tertiary alicyclic amines) is 1. The third kappa shape index (κ3) is 6.41. The molecule has 0 bridgehead atoms. The SMILES string of the molecule is C[C@@H](NC(=O)c1cncc(C2CCOC2)c1)c1ccc(C(=C2CC3(C2)CN(C(=O)OC(C)(C)C)C3)c2ccc(F)cc2)cc1. The fourth-order valence-corrected chi connectivity index (χ4v) is 6.57. The Kier molecular flexibility index (Phi) is 8.05. The van der Waals surface area contributed by atoms with Crippen molar-refractivity contribution in [2.75, 3.05) is 26.3 Å². The van der Waals surface area contributed by atoms with E-state index in [0.29, 0.717) is 25.3 Å². The van der Waals surface area contributed by atoms with Crippen molar-refractivity contribution in [2.24, 2.45) is 5.41 Å². The van der Waals surface area contributed by atoms with E-state index in [0.717, 1.165) is 53.7 Å². The number of nitrogens with zero attached hydrogens (tertiary/aromatic N) is 2. The number of amides is 2. The zero-order chi connectivity index (χ0) is 31.1. The van der Waals surface area contributed by atoms with Crippen LogP contribution in [0.5, 0.6) is 0 Å². The lowest BCUT2D eigenvalue weighted by Gasteiger charge is -2.57. The van der Waals surface area contributed by atoms with Crippen molar-refractivity contribution in [1.29, 1.82) is 0 Å². The van der Waals surface area contributed by atoms with Crippen molar-refractivity contribution in [3.63, 3.8) is 0 Å². The van der Waals surface area contributed by atoms with E-state index in [1.54, 1.807) is 11.1 Å². The zero-order valence-corrected chi connectivity index (χ0v) is 25.9. The predicted molar refractivity (Wildman–Crippen MR) is 167 cm³/mol. The van der Waals surface area contributed by atoms with Crippen LogP contribution < -0.4 is 5.32 Å². The van der Waals surface area contributed by atoms with Crippen molar-refractivity contribution in [3.8, 4) is 0 Å². The molecule has 1 aliphatic carbocycles. The summed E-state index contributed by atoms with van der Waals surface area (Å²) in [5.41, 5.74) is 6.54. The summed E-state index contributed by atoms with van der Waals surface area (Å²) >= 11 is 0. The standard InChI is InChI=1S/C36H40FN3O4/c1-23(39-33(41)29-15-28(18-38-19-29)27-13-14-43-20-27)24-5-7-25(8-6-24)32(26-9-11-31(37)12-10-26)30-16-36(17-30)21-40(22-36)34(42)44-35(2,3)4/h5-12,15,18-19,23,27H,13-14,16-17,20-22H2,1-4H3,(H,39,41)/t23-,27?/m1/s1. The molecule has 0 radical (unpaired) electrons. The van der Waals surface area contributed by atoms with Crippen LogP contribution in [0.25, 0.3) is 5.57 Å². The third-order valence-corrected chi connectivity index (χ3v) is 8.84. The molecular weight excluding hydrogens is 557 g/mol. The summed E-state index contributed by atoms with van der Waals surface area (Å²) in [5.74, 6) is -0.152. The Morgan fingerprint density at radius 3 is 2.30 bits per heavy atom. The average Bonchev–Trinajstić information content (AvgIpc) is 3.49. The molecule has 1 unspecified atom stereocenters. The molecule has 1 N–H and O–H groups in total. The molecule has 7 nitrogen and oxygen atoms in total. The van der Waals surface area contributed by atoms with E-state index in [-0.39, 0.29) is 35.2 Å². The number of hydrogen-bond acceptors (Lipinski definition) is 5. The van der Waals surface area contributed by atoms with Crippen LogP contribution in [0.3, 0.4) is 0 Å². The van der Waals surface area contributed by atoms with Gasteiger partial charge in [-0.15, -0.1) is 0 Å². The maximum atomic E-state index is 13.8. The Labute approximate surface area is 258 Å². The van der Waals surface area contributed by atoms with Gasteiger partial charge in [0.05, 0.1) is 18.2 Å². The lowest BCUT2D eigenvalue weighted by Crippen LogP contribution is -2.62. The van der Waals surface area contributed by atoms with Crippen molar-refractivity contribution in [1.82, 2.24) is 15.2 Å². The zero-order valence-electron chi connectivity index (χ0n) is 25.9. The van der Waals surface area contributed by atoms with Gasteiger partial charge in [-0.1, -0.05) is 42.0 Å². The molecule has 3 fully saturated rings. The van der Waals surface area contributed by atoms with Gasteiger partial charge in [0, 0.05) is 43.4 Å². The number of hydrogen-bond donors (Lipinski definition) is 1. The van der Waals surface area contributed by atoms with Crippen molar-refractivity contribution >= 4 is 17.6 Å². The minimum absolute atomic E-state index is 0.0766. The highest BCUT2D eigenvalue weighted by molar-refractivity contribution is 5.94. The van der Waals surface area contributed by atoms with Gasteiger partial charge in [-0.2, -0.15) is 0 Å². The summed E-state index contributed by atoms with van der Waals surface area (Å²) in [5, 5.41) is 3.11. The van der Waals surface area contributed by atoms with Gasteiger partial charge in [-0.3, -0.25) is 9.78 Å². The molecule has 8 heteroatoms. The van der Waals surface area contributed by atoms with Crippen molar-refractivity contribution in [3.05, 3.63) is 106 Å². The summed E-state index contributed by atoms with van der Waals surface area (Å²) in [6, 6.07) is 16.6. The Morgan fingerprint density at radius 1 is 1.02 bits per heavy atom. The number of ether oxygens (including phenoxy) is 2. The first-order valence-electron chi connectivity index (χ1n) is 15.4. The smallest absolute Gasteiger partial charge is 0.410 e. The molecule has 6 rings (SSSR count). The largest absolute Gasteiger partial charge is 0.444 e. The number of rotatable bonds is 6. The van der Waals surface area contributed by atoms with Crippen LogP contribution in [-0.4, -0.2) is 53.8 Å². The molecular formula is C36H40FN3O4. The van der Waals surface area contributed by atoms with E-state index >= 15 is 0 Å². The van der Waals surface area contributed by atoms with Crippen LogP contribution in [0.1, 0.15) is 91.5 Å². The number of nitrogens with one attached hydrogen (secondary N) is 1. The monoisotopic (exact) mass is 597 g/mol. The number of carbonyl (C=O) groups excluding carboxylic acids is 2. The maximum absolute atomic E-state index is 13.8. The summed E-state index contributed by atoms with van der Waals surface area (Å²) < 4.78 is 24.9. The van der Waals surface area contributed by atoms with Crippen LogP contribution in [0, 0.1) is 11.2 Å². The second-order valence-electron chi connectivity index (χ2n) is 13.6. The number of benzene rings is 2. The number of allylic oxidation sites excluding steroid dienone is 1. The van der Waals surface area contributed by atoms with Gasteiger partial charge in [0.25, 0.3) is 5.91 Å². The Bertz CT molecular complexity index is 1550. The van der Waals surface area contributed by atoms with Crippen LogP contribution in [0.4, 0.5) is 9.18 Å². The van der Waals surface area contributed by atoms with Crippen LogP contribution in [0.15, 0.2) is 72.6 Å². The lowest BCUT2D eigenvalue weighted by molar-refractivity contribution is -0.0500. The molecule has 1 spiro atoms. The Hall–Kier alpha value is -4.04. The van der Waals surface area contributed by atoms with Crippen molar-refractivity contribution < 1.29 is 23.5 Å². The van der Waals surface area contributed by atoms with E-state index in [4.69, 9.17) is 9.47 Å². The van der Waals surface area contributed by atoms with Gasteiger partial charge in [-0.05, 0) is 93.0 Å². The third-order valence-electron chi connectivity index (χ3n) is 8.84. The van der Waals surface area contributed by atoms with Gasteiger partial charge >= 0.3 is 6.09 Å². The topological polar surface area (TPSA) is 80.8 Å². The number of carbonyl (C=O) groups is 2. The van der Waals surface area contributed by atoms with Gasteiger partial charge in [0.15, 0.2) is 0 Å². The highest BCUT2D eigenvalue weighted by Gasteiger charge is 2.53. The summed E-state index contributed by atoms with van der Waals surface area (Å²) in [6.07, 6.45) is 5.87. The van der Waals surface area contributed by atoms with Gasteiger partial charge in [-0.25, -0.2) is 9.18 Å². The first kappa shape index (κ1) is 30.0. The Morgan fingerprint density at radius 2 is 1.68 bits per heavy atom. The molecule has 2 aromatic carbocycles. The fourth-order valence-electron chi connectivity index (χ4n) is 6.57. The molecule has 2 aliphatic heterocycles. The molecule has 3 heterocycles. The summed E-state index contributed by atoms with van der Waals surface area (Å²) in [4.78, 5) is 31.7. The molecule has 230 valence electrons. The molecule has 2 atom stereocenters. The number of halogens is 1. The van der Waals surface area contributed by atoms with E-state index in [1.165, 1.54) is 17.7 Å². The maximum Gasteiger partial charge on any atom is 0.410 e. The Balaban J connectivity index is 1.15. The molecule has 3 aliphatic rings. The second kappa shape index (κ2) is 11.8. The van der Waals surface area contributed by atoms with E-state index in [9.17, 15) is 14.0 Å². The first-order chi connectivity index (χ1) is 21.0. The molecule has 44 heavy (non-hydrogen) atoms. The molecule has 2 amide bonds. The minimum Gasteiger partial charge on any atom is -0.444 e. The summed E-state index contributed by atoms with van der Waals surface area (Å²) in [7, 11) is 0. The highest BCUT2D eigenvalue weighted by atomic mass is 19.1. The number of aromatic nitrogens is 1. The van der Waals surface area contributed by atoms with Gasteiger partial charge in [0.2, 0.25) is 0 Å². The van der Waals surface area contributed by atoms with Crippen LogP contribution in [-0.2, 0) is 9.47 Å². The van der Waals surface area contributed by atoms with E-state index in [1.807, 2.05) is 64.2 Å². The quantitative estimate of drug-likeness (QED) is 0.330. The predicted octanol–water partition coefficient (Wildman–Crippen LogP) is 7.05. The second-order valence-corrected chi connectivity index (χ2v) is 13.6. The first-order valence-corrected chi connectivity index (χ1v) is 15.4. The van der Waals surface area contributed by atoms with Crippen molar-refractivity contribution in [2.45, 2.75) is 64.5 Å². The van der Waals surface area contributed by atoms with E-state index in [2.05, 4.69) is 22.4 Å². The molecule has 2 saturated heterocycles. The average molecular weight is 598 g/mol. The van der Waals surface area contributed by atoms with Gasteiger partial charge < -0.3 is 19.7 Å². The molecule has 1 saturated carbocycles. The van der Waals surface area contributed by atoms with Crippen LogP contribution >= 0.6 is 0 Å². The van der Waals surface area contributed by atoms with Gasteiger partial charge in [0.1, 0.15) is 11.4 Å². The highest BCUT2D eigenvalue weighted by Crippen LogP contribution is 2.55.